The molecule has 1 aromatic heterocycles. The van der Waals surface area contributed by atoms with Gasteiger partial charge in [0.15, 0.2) is 0 Å². The minimum absolute atomic E-state index is 0.00669. The van der Waals surface area contributed by atoms with Crippen LogP contribution in [0, 0.1) is 0 Å². The van der Waals surface area contributed by atoms with Gasteiger partial charge in [0, 0.05) is 17.3 Å². The smallest absolute Gasteiger partial charge is 0.417 e. The normalized spacial score (nSPS) is 15.1. The first kappa shape index (κ1) is 26.0. The minimum Gasteiger partial charge on any atom is -0.495 e. The van der Waals surface area contributed by atoms with E-state index in [1.165, 1.54) is 25.3 Å². The van der Waals surface area contributed by atoms with E-state index in [2.05, 4.69) is 25.2 Å². The lowest BCUT2D eigenvalue weighted by molar-refractivity contribution is -0.137. The topological polar surface area (TPSA) is 135 Å². The van der Waals surface area contributed by atoms with Crippen LogP contribution in [0.4, 0.5) is 30.8 Å². The van der Waals surface area contributed by atoms with Crippen molar-refractivity contribution in [1.29, 1.82) is 0 Å². The molecule has 4 rings (SSSR count). The average Bonchev–Trinajstić information content (AvgIpc) is 3.22. The molecule has 1 heterocycles. The average molecular weight is 545 g/mol. The maximum absolute atomic E-state index is 14.1. The molecule has 194 valence electrons. The highest BCUT2D eigenvalue weighted by atomic mass is 35.5. The zero-order chi connectivity index (χ0) is 26.1. The van der Waals surface area contributed by atoms with Crippen molar-refractivity contribution in [2.45, 2.75) is 49.2 Å². The molecule has 0 unspecified atom stereocenters. The number of benzene rings is 2. The molecule has 0 saturated heterocycles. The Balaban J connectivity index is 1.78. The number of aromatic amines is 1. The number of nitrogens with zero attached hydrogens (tertiary/aromatic N) is 2. The summed E-state index contributed by atoms with van der Waals surface area (Å²) in [6.45, 7) is 0. The number of halogens is 4. The maximum Gasteiger partial charge on any atom is 0.417 e. The Morgan fingerprint density at radius 1 is 1.17 bits per heavy atom. The molecular formula is C22H24ClF3N6O3S. The van der Waals surface area contributed by atoms with Crippen LogP contribution < -0.4 is 20.5 Å². The first-order valence-electron chi connectivity index (χ1n) is 11.0. The Morgan fingerprint density at radius 3 is 2.50 bits per heavy atom. The van der Waals surface area contributed by atoms with E-state index in [1.54, 1.807) is 0 Å². The fourth-order valence-corrected chi connectivity index (χ4v) is 6.03. The highest BCUT2D eigenvalue weighted by Crippen LogP contribution is 2.44. The van der Waals surface area contributed by atoms with Crippen molar-refractivity contribution >= 4 is 39.2 Å². The van der Waals surface area contributed by atoms with Crippen LogP contribution >= 0.6 is 11.6 Å². The van der Waals surface area contributed by atoms with Crippen LogP contribution in [-0.4, -0.2) is 36.8 Å². The van der Waals surface area contributed by atoms with Gasteiger partial charge in [-0.05, 0) is 42.7 Å². The van der Waals surface area contributed by atoms with Gasteiger partial charge in [-0.25, -0.2) is 18.2 Å². The molecule has 0 atom stereocenters. The second-order valence-electron chi connectivity index (χ2n) is 8.37. The third-order valence-electron chi connectivity index (χ3n) is 5.82. The van der Waals surface area contributed by atoms with E-state index in [0.29, 0.717) is 12.8 Å². The van der Waals surface area contributed by atoms with Gasteiger partial charge in [-0.1, -0.05) is 36.9 Å². The number of nitrogens with one attached hydrogen (secondary N) is 3. The standard InChI is InChI=1S/C22H24ClF3N6O3S/c1-35-17-8-7-12(9-18(17)36(33,34)32-13-5-3-2-4-6-13)19-15(22(24,25)26)10-14(11-16(19)23)28-21-29-20(27)30-31-21/h7-11,13,32H,2-6H2,1H3,(H4,27,28,29,30,31). The lowest BCUT2D eigenvalue weighted by atomic mass is 9.96. The van der Waals surface area contributed by atoms with Gasteiger partial charge in [0.05, 0.1) is 17.7 Å². The monoisotopic (exact) mass is 544 g/mol. The summed E-state index contributed by atoms with van der Waals surface area (Å²) in [6, 6.07) is 5.64. The Bertz CT molecular complexity index is 1360. The van der Waals surface area contributed by atoms with E-state index in [1.807, 2.05) is 0 Å². The summed E-state index contributed by atoms with van der Waals surface area (Å²) >= 11 is 6.33. The Labute approximate surface area is 210 Å². The van der Waals surface area contributed by atoms with E-state index in [-0.39, 0.29) is 50.4 Å². The van der Waals surface area contributed by atoms with Crippen molar-refractivity contribution in [3.05, 3.63) is 40.9 Å². The van der Waals surface area contributed by atoms with Gasteiger partial charge in [0.2, 0.25) is 21.9 Å². The summed E-state index contributed by atoms with van der Waals surface area (Å²) in [5, 5.41) is 8.46. The van der Waals surface area contributed by atoms with E-state index >= 15 is 0 Å². The lowest BCUT2D eigenvalue weighted by Crippen LogP contribution is -2.36. The van der Waals surface area contributed by atoms with Crippen molar-refractivity contribution in [2.75, 3.05) is 18.2 Å². The molecule has 1 saturated carbocycles. The highest BCUT2D eigenvalue weighted by molar-refractivity contribution is 7.89. The molecule has 1 aliphatic carbocycles. The van der Waals surface area contributed by atoms with E-state index in [4.69, 9.17) is 22.1 Å². The summed E-state index contributed by atoms with van der Waals surface area (Å²) in [6.07, 6.45) is -0.601. The molecule has 0 aliphatic heterocycles. The van der Waals surface area contributed by atoms with Gasteiger partial charge < -0.3 is 15.8 Å². The molecule has 36 heavy (non-hydrogen) atoms. The third-order valence-corrected chi connectivity index (χ3v) is 7.66. The number of nitrogens with two attached hydrogens (primary N) is 1. The quantitative estimate of drug-likeness (QED) is 0.325. The van der Waals surface area contributed by atoms with Crippen molar-refractivity contribution in [3.63, 3.8) is 0 Å². The zero-order valence-electron chi connectivity index (χ0n) is 19.1. The number of hydrogen-bond donors (Lipinski definition) is 4. The molecule has 9 nitrogen and oxygen atoms in total. The molecule has 14 heteroatoms. The fourth-order valence-electron chi connectivity index (χ4n) is 4.20. The first-order chi connectivity index (χ1) is 17.0. The van der Waals surface area contributed by atoms with E-state index < -0.39 is 21.8 Å². The largest absolute Gasteiger partial charge is 0.495 e. The van der Waals surface area contributed by atoms with Gasteiger partial charge in [-0.3, -0.25) is 0 Å². The minimum atomic E-state index is -4.81. The predicted molar refractivity (Wildman–Crippen MR) is 130 cm³/mol. The first-order valence-corrected chi connectivity index (χ1v) is 12.9. The summed E-state index contributed by atoms with van der Waals surface area (Å²) in [5.74, 6) is -0.0617. The molecule has 0 radical (unpaired) electrons. The number of H-pyrrole nitrogens is 1. The van der Waals surface area contributed by atoms with Crippen molar-refractivity contribution in [3.8, 4) is 16.9 Å². The van der Waals surface area contributed by atoms with Crippen LogP contribution in [0.1, 0.15) is 37.7 Å². The third kappa shape index (κ3) is 5.68. The van der Waals surface area contributed by atoms with E-state index in [0.717, 1.165) is 31.4 Å². The molecular weight excluding hydrogens is 521 g/mol. The Kier molecular flexibility index (Phi) is 7.34. The van der Waals surface area contributed by atoms with Crippen LogP contribution in [0.5, 0.6) is 5.75 Å². The number of anilines is 3. The highest BCUT2D eigenvalue weighted by Gasteiger charge is 2.36. The van der Waals surface area contributed by atoms with Crippen LogP contribution in [0.3, 0.4) is 0 Å². The van der Waals surface area contributed by atoms with Crippen molar-refractivity contribution in [2.24, 2.45) is 0 Å². The summed E-state index contributed by atoms with van der Waals surface area (Å²) in [5.41, 5.74) is 3.94. The molecule has 2 aromatic carbocycles. The summed E-state index contributed by atoms with van der Waals surface area (Å²) < 4.78 is 76.7. The number of rotatable bonds is 7. The van der Waals surface area contributed by atoms with Gasteiger partial charge >= 0.3 is 6.18 Å². The van der Waals surface area contributed by atoms with Gasteiger partial charge in [0.25, 0.3) is 0 Å². The summed E-state index contributed by atoms with van der Waals surface area (Å²) in [7, 11) is -2.79. The second-order valence-corrected chi connectivity index (χ2v) is 10.5. The molecule has 0 bridgehead atoms. The van der Waals surface area contributed by atoms with Gasteiger partial charge in [-0.15, -0.1) is 5.10 Å². The number of sulfonamides is 1. The number of nitrogen functional groups attached to an aromatic ring is 1. The lowest BCUT2D eigenvalue weighted by Gasteiger charge is -2.23. The summed E-state index contributed by atoms with van der Waals surface area (Å²) in [4.78, 5) is 3.53. The van der Waals surface area contributed by atoms with Gasteiger partial charge in [-0.2, -0.15) is 18.2 Å². The van der Waals surface area contributed by atoms with Crippen molar-refractivity contribution < 1.29 is 26.3 Å². The molecule has 0 amide bonds. The number of hydrogen-bond acceptors (Lipinski definition) is 7. The van der Waals surface area contributed by atoms with E-state index in [9.17, 15) is 21.6 Å². The second kappa shape index (κ2) is 10.1. The number of alkyl halides is 3. The predicted octanol–water partition coefficient (Wildman–Crippen LogP) is 5.09. The Morgan fingerprint density at radius 2 is 1.89 bits per heavy atom. The molecule has 0 spiro atoms. The van der Waals surface area contributed by atoms with Crippen LogP contribution in [-0.2, 0) is 16.2 Å². The van der Waals surface area contributed by atoms with Crippen LogP contribution in [0.2, 0.25) is 5.02 Å². The number of aromatic nitrogens is 3. The van der Waals surface area contributed by atoms with Gasteiger partial charge in [0.1, 0.15) is 10.6 Å². The van der Waals surface area contributed by atoms with Crippen LogP contribution in [0.15, 0.2) is 35.2 Å². The Hall–Kier alpha value is -3.03. The van der Waals surface area contributed by atoms with Crippen LogP contribution in [0.25, 0.3) is 11.1 Å². The number of methoxy groups -OCH3 is 1. The zero-order valence-corrected chi connectivity index (χ0v) is 20.7. The fraction of sp³-hybridized carbons (Fsp3) is 0.364. The number of ether oxygens (including phenoxy) is 1. The molecule has 1 aliphatic rings. The molecule has 3 aromatic rings. The molecule has 1 fully saturated rings. The SMILES string of the molecule is COc1ccc(-c2c(Cl)cc(Nc3n[nH]c(N)n3)cc2C(F)(F)F)cc1S(=O)(=O)NC1CCCCC1. The van der Waals surface area contributed by atoms with Crippen molar-refractivity contribution in [1.82, 2.24) is 19.9 Å². The molecule has 5 N–H and O–H groups in total. The maximum atomic E-state index is 14.1.